The number of primary amides is 1. The van der Waals surface area contributed by atoms with Gasteiger partial charge in [0, 0.05) is 23.8 Å². The second-order valence-corrected chi connectivity index (χ2v) is 5.00. The lowest BCUT2D eigenvalue weighted by Crippen LogP contribution is -2.46. The molecule has 102 valence electrons. The molecule has 2 unspecified atom stereocenters. The molecule has 1 fully saturated rings. The summed E-state index contributed by atoms with van der Waals surface area (Å²) in [5.74, 6) is -0.991. The van der Waals surface area contributed by atoms with Crippen molar-refractivity contribution in [1.29, 1.82) is 0 Å². The summed E-state index contributed by atoms with van der Waals surface area (Å²) < 4.78 is 13.2. The van der Waals surface area contributed by atoms with Crippen molar-refractivity contribution in [1.82, 2.24) is 0 Å². The van der Waals surface area contributed by atoms with E-state index < -0.39 is 5.82 Å². The Labute approximate surface area is 111 Å². The number of nitrogens with zero attached hydrogens (tertiary/aromatic N) is 1. The Morgan fingerprint density at radius 2 is 2.21 bits per heavy atom. The number of rotatable bonds is 3. The molecule has 2 atom stereocenters. The number of benzene rings is 1. The standard InChI is InChI=1S/C14H17FN2O2/c1-9-2-3-10(14(16)19)7-17(9)13-5-4-12(15)6-11(13)8-18/h4-6,8-10H,2-3,7H2,1H3,(H2,16,19). The van der Waals surface area contributed by atoms with Crippen LogP contribution in [-0.4, -0.2) is 24.8 Å². The van der Waals surface area contributed by atoms with Crippen molar-refractivity contribution in [2.24, 2.45) is 11.7 Å². The number of piperidine rings is 1. The molecule has 1 aliphatic rings. The zero-order chi connectivity index (χ0) is 14.0. The van der Waals surface area contributed by atoms with Crippen LogP contribution >= 0.6 is 0 Å². The second-order valence-electron chi connectivity index (χ2n) is 5.00. The molecular formula is C14H17FN2O2. The molecule has 0 aliphatic carbocycles. The fraction of sp³-hybridized carbons (Fsp3) is 0.429. The van der Waals surface area contributed by atoms with E-state index in [2.05, 4.69) is 0 Å². The van der Waals surface area contributed by atoms with Crippen molar-refractivity contribution in [3.8, 4) is 0 Å². The van der Waals surface area contributed by atoms with Crippen molar-refractivity contribution in [3.05, 3.63) is 29.6 Å². The van der Waals surface area contributed by atoms with Crippen LogP contribution in [-0.2, 0) is 4.79 Å². The first-order valence-electron chi connectivity index (χ1n) is 6.33. The number of anilines is 1. The van der Waals surface area contributed by atoms with Crippen molar-refractivity contribution in [2.45, 2.75) is 25.8 Å². The molecule has 1 aliphatic heterocycles. The number of hydrogen-bond acceptors (Lipinski definition) is 3. The normalized spacial score (nSPS) is 23.2. The average molecular weight is 264 g/mol. The van der Waals surface area contributed by atoms with Crippen molar-refractivity contribution < 1.29 is 14.0 Å². The van der Waals surface area contributed by atoms with Gasteiger partial charge in [-0.05, 0) is 38.0 Å². The van der Waals surface area contributed by atoms with Crippen LogP contribution in [0.1, 0.15) is 30.1 Å². The van der Waals surface area contributed by atoms with Gasteiger partial charge in [-0.1, -0.05) is 0 Å². The molecule has 2 rings (SSSR count). The molecule has 0 bridgehead atoms. The minimum atomic E-state index is -0.443. The number of carbonyl (C=O) groups excluding carboxylic acids is 2. The van der Waals surface area contributed by atoms with Crippen molar-refractivity contribution in [3.63, 3.8) is 0 Å². The summed E-state index contributed by atoms with van der Waals surface area (Å²) in [6.45, 7) is 2.50. The van der Waals surface area contributed by atoms with Crippen LogP contribution in [0, 0.1) is 11.7 Å². The van der Waals surface area contributed by atoms with Gasteiger partial charge in [0.15, 0.2) is 6.29 Å². The van der Waals surface area contributed by atoms with Gasteiger partial charge >= 0.3 is 0 Å². The van der Waals surface area contributed by atoms with E-state index >= 15 is 0 Å². The highest BCUT2D eigenvalue weighted by atomic mass is 19.1. The maximum atomic E-state index is 13.2. The van der Waals surface area contributed by atoms with E-state index in [1.807, 2.05) is 11.8 Å². The third kappa shape index (κ3) is 2.75. The van der Waals surface area contributed by atoms with Gasteiger partial charge in [0.1, 0.15) is 5.82 Å². The number of carbonyl (C=O) groups is 2. The number of halogens is 1. The summed E-state index contributed by atoms with van der Waals surface area (Å²) in [7, 11) is 0. The monoisotopic (exact) mass is 264 g/mol. The molecule has 0 radical (unpaired) electrons. The van der Waals surface area contributed by atoms with Gasteiger partial charge in [-0.2, -0.15) is 0 Å². The Hall–Kier alpha value is -1.91. The largest absolute Gasteiger partial charge is 0.369 e. The Morgan fingerprint density at radius 3 is 2.84 bits per heavy atom. The van der Waals surface area contributed by atoms with Crippen molar-refractivity contribution >= 4 is 17.9 Å². The molecule has 4 nitrogen and oxygen atoms in total. The topological polar surface area (TPSA) is 63.4 Å². The number of aldehydes is 1. The molecule has 1 saturated heterocycles. The third-order valence-corrected chi connectivity index (χ3v) is 3.71. The molecular weight excluding hydrogens is 247 g/mol. The van der Waals surface area contributed by atoms with Gasteiger partial charge < -0.3 is 10.6 Å². The van der Waals surface area contributed by atoms with Gasteiger partial charge in [0.2, 0.25) is 5.91 Å². The van der Waals surface area contributed by atoms with E-state index in [0.717, 1.165) is 12.8 Å². The van der Waals surface area contributed by atoms with Gasteiger partial charge in [0.05, 0.1) is 5.92 Å². The molecule has 5 heteroatoms. The summed E-state index contributed by atoms with van der Waals surface area (Å²) >= 11 is 0. The van der Waals surface area contributed by atoms with E-state index in [1.165, 1.54) is 12.1 Å². The van der Waals surface area contributed by atoms with Crippen LogP contribution in [0.4, 0.5) is 10.1 Å². The van der Waals surface area contributed by atoms with Crippen LogP contribution in [0.15, 0.2) is 18.2 Å². The number of amides is 1. The first kappa shape index (κ1) is 13.5. The predicted octanol–water partition coefficient (Wildman–Crippen LogP) is 1.73. The lowest BCUT2D eigenvalue weighted by atomic mass is 9.92. The average Bonchev–Trinajstić information content (AvgIpc) is 2.39. The predicted molar refractivity (Wildman–Crippen MR) is 70.5 cm³/mol. The smallest absolute Gasteiger partial charge is 0.222 e. The molecule has 2 N–H and O–H groups in total. The van der Waals surface area contributed by atoms with Crippen LogP contribution in [0.3, 0.4) is 0 Å². The lowest BCUT2D eigenvalue weighted by Gasteiger charge is -2.39. The van der Waals surface area contributed by atoms with Crippen LogP contribution in [0.25, 0.3) is 0 Å². The fourth-order valence-corrected chi connectivity index (χ4v) is 2.56. The van der Waals surface area contributed by atoms with E-state index in [9.17, 15) is 14.0 Å². The molecule has 0 saturated carbocycles. The second kappa shape index (κ2) is 5.38. The summed E-state index contributed by atoms with van der Waals surface area (Å²) in [5.41, 5.74) is 6.32. The molecule has 1 heterocycles. The molecule has 1 amide bonds. The van der Waals surface area contributed by atoms with E-state index in [4.69, 9.17) is 5.73 Å². The first-order valence-corrected chi connectivity index (χ1v) is 6.33. The highest BCUT2D eigenvalue weighted by Crippen LogP contribution is 2.30. The Kier molecular flexibility index (Phi) is 3.83. The van der Waals surface area contributed by atoms with Crippen molar-refractivity contribution in [2.75, 3.05) is 11.4 Å². The maximum Gasteiger partial charge on any atom is 0.222 e. The zero-order valence-electron chi connectivity index (χ0n) is 10.8. The van der Waals surface area contributed by atoms with Gasteiger partial charge in [-0.3, -0.25) is 9.59 Å². The third-order valence-electron chi connectivity index (χ3n) is 3.71. The maximum absolute atomic E-state index is 13.2. The van der Waals surface area contributed by atoms with Gasteiger partial charge in [0.25, 0.3) is 0 Å². The SMILES string of the molecule is CC1CCC(C(N)=O)CN1c1ccc(F)cc1C=O. The number of hydrogen-bond donors (Lipinski definition) is 1. The minimum Gasteiger partial charge on any atom is -0.369 e. The highest BCUT2D eigenvalue weighted by molar-refractivity contribution is 5.85. The first-order chi connectivity index (χ1) is 9.02. The minimum absolute atomic E-state index is 0.194. The zero-order valence-corrected chi connectivity index (χ0v) is 10.8. The Bertz CT molecular complexity index is 504. The highest BCUT2D eigenvalue weighted by Gasteiger charge is 2.29. The Morgan fingerprint density at radius 1 is 1.47 bits per heavy atom. The summed E-state index contributed by atoms with van der Waals surface area (Å²) in [6.07, 6.45) is 2.22. The van der Waals surface area contributed by atoms with Crippen LogP contribution in [0.2, 0.25) is 0 Å². The molecule has 1 aromatic carbocycles. The summed E-state index contributed by atoms with van der Waals surface area (Å²) in [6, 6.07) is 4.31. The summed E-state index contributed by atoms with van der Waals surface area (Å²) in [5, 5.41) is 0. The van der Waals surface area contributed by atoms with Gasteiger partial charge in [-0.25, -0.2) is 4.39 Å². The Balaban J connectivity index is 2.33. The van der Waals surface area contributed by atoms with Gasteiger partial charge in [-0.15, -0.1) is 0 Å². The number of nitrogens with two attached hydrogens (primary N) is 1. The quantitative estimate of drug-likeness (QED) is 0.846. The summed E-state index contributed by atoms with van der Waals surface area (Å²) in [4.78, 5) is 24.3. The molecule has 1 aromatic rings. The molecule has 0 aromatic heterocycles. The molecule has 0 spiro atoms. The molecule has 19 heavy (non-hydrogen) atoms. The van der Waals surface area contributed by atoms with E-state index in [1.54, 1.807) is 6.07 Å². The van der Waals surface area contributed by atoms with E-state index in [-0.39, 0.29) is 17.9 Å². The van der Waals surface area contributed by atoms with Crippen LogP contribution in [0.5, 0.6) is 0 Å². The van der Waals surface area contributed by atoms with Crippen LogP contribution < -0.4 is 10.6 Å². The fourth-order valence-electron chi connectivity index (χ4n) is 2.56. The van der Waals surface area contributed by atoms with E-state index in [0.29, 0.717) is 24.1 Å². The lowest BCUT2D eigenvalue weighted by molar-refractivity contribution is -0.122.